The zero-order valence-electron chi connectivity index (χ0n) is 9.55. The largest absolute Gasteiger partial charge is 0.480 e. The molecule has 88 valence electrons. The Bertz CT molecular complexity index is 407. The van der Waals surface area contributed by atoms with Crippen molar-refractivity contribution in [2.45, 2.75) is 44.2 Å². The molecule has 0 bridgehead atoms. The maximum Gasteiger partial charge on any atom is 0.321 e. The molecule has 1 aromatic heterocycles. The fraction of sp³-hybridized carbons (Fsp3) is 0.636. The summed E-state index contributed by atoms with van der Waals surface area (Å²) in [6.45, 7) is 4.07. The lowest BCUT2D eigenvalue weighted by atomic mass is 9.91. The quantitative estimate of drug-likeness (QED) is 0.794. The normalized spacial score (nSPS) is 19.8. The van der Waals surface area contributed by atoms with Crippen molar-refractivity contribution in [2.24, 2.45) is 5.73 Å². The van der Waals surface area contributed by atoms with Gasteiger partial charge in [0.1, 0.15) is 6.04 Å². The van der Waals surface area contributed by atoms with Gasteiger partial charge in [-0.2, -0.15) is 5.10 Å². The molecule has 1 aliphatic rings. The van der Waals surface area contributed by atoms with E-state index < -0.39 is 12.0 Å². The number of nitrogens with two attached hydrogens (primary N) is 1. The van der Waals surface area contributed by atoms with Crippen molar-refractivity contribution in [1.29, 1.82) is 0 Å². The van der Waals surface area contributed by atoms with Crippen LogP contribution in [0, 0.1) is 0 Å². The second-order valence-electron chi connectivity index (χ2n) is 4.77. The summed E-state index contributed by atoms with van der Waals surface area (Å²) < 4.78 is 1.84. The monoisotopic (exact) mass is 223 g/mol. The minimum absolute atomic E-state index is 0.283. The number of carboxylic acid groups (broad SMARTS) is 1. The summed E-state index contributed by atoms with van der Waals surface area (Å²) in [5.41, 5.74) is 6.32. The predicted octanol–water partition coefficient (Wildman–Crippen LogP) is 0.907. The van der Waals surface area contributed by atoms with Crippen LogP contribution in [0.25, 0.3) is 0 Å². The average Bonchev–Trinajstić information content (AvgIpc) is 2.87. The molecule has 16 heavy (non-hydrogen) atoms. The summed E-state index contributed by atoms with van der Waals surface area (Å²) >= 11 is 0. The Balaban J connectivity index is 2.26. The van der Waals surface area contributed by atoms with Gasteiger partial charge in [-0.25, -0.2) is 0 Å². The van der Waals surface area contributed by atoms with Crippen LogP contribution in [0.3, 0.4) is 0 Å². The third kappa shape index (κ3) is 1.61. The Morgan fingerprint density at radius 3 is 2.62 bits per heavy atom. The molecule has 1 saturated carbocycles. The highest BCUT2D eigenvalue weighted by Crippen LogP contribution is 2.50. The van der Waals surface area contributed by atoms with Crippen molar-refractivity contribution in [1.82, 2.24) is 9.78 Å². The van der Waals surface area contributed by atoms with Gasteiger partial charge < -0.3 is 10.8 Å². The van der Waals surface area contributed by atoms with Gasteiger partial charge in [-0.15, -0.1) is 0 Å². The van der Waals surface area contributed by atoms with Gasteiger partial charge in [0.15, 0.2) is 0 Å². The lowest BCUT2D eigenvalue weighted by Crippen LogP contribution is -2.41. The van der Waals surface area contributed by atoms with Crippen LogP contribution in [0.15, 0.2) is 12.4 Å². The lowest BCUT2D eigenvalue weighted by molar-refractivity contribution is -0.139. The number of carbonyl (C=O) groups is 1. The zero-order chi connectivity index (χ0) is 11.9. The van der Waals surface area contributed by atoms with E-state index in [1.54, 1.807) is 6.20 Å². The molecule has 1 heterocycles. The van der Waals surface area contributed by atoms with Gasteiger partial charge in [-0.05, 0) is 32.3 Å². The molecule has 0 aromatic carbocycles. The Morgan fingerprint density at radius 1 is 1.62 bits per heavy atom. The third-order valence-electron chi connectivity index (χ3n) is 3.36. The number of aromatic nitrogens is 2. The first-order valence-corrected chi connectivity index (χ1v) is 5.50. The molecule has 1 fully saturated rings. The number of rotatable bonds is 4. The van der Waals surface area contributed by atoms with Crippen molar-refractivity contribution >= 4 is 5.97 Å². The molecule has 5 nitrogen and oxygen atoms in total. The van der Waals surface area contributed by atoms with E-state index in [2.05, 4.69) is 5.10 Å². The van der Waals surface area contributed by atoms with E-state index in [9.17, 15) is 4.79 Å². The van der Waals surface area contributed by atoms with Crippen LogP contribution in [0.2, 0.25) is 0 Å². The smallest absolute Gasteiger partial charge is 0.321 e. The topological polar surface area (TPSA) is 81.1 Å². The Hall–Kier alpha value is -1.36. The number of hydrogen-bond donors (Lipinski definition) is 2. The second-order valence-corrected chi connectivity index (χ2v) is 4.77. The van der Waals surface area contributed by atoms with E-state index in [0.717, 1.165) is 18.4 Å². The third-order valence-corrected chi connectivity index (χ3v) is 3.36. The zero-order valence-corrected chi connectivity index (χ0v) is 9.55. The summed E-state index contributed by atoms with van der Waals surface area (Å²) in [7, 11) is 0. The number of aliphatic carboxylic acids is 1. The minimum Gasteiger partial charge on any atom is -0.480 e. The van der Waals surface area contributed by atoms with Crippen LogP contribution in [-0.4, -0.2) is 26.9 Å². The molecular formula is C11H17N3O2. The van der Waals surface area contributed by atoms with Gasteiger partial charge in [0, 0.05) is 17.7 Å². The molecule has 5 heteroatoms. The summed E-state index contributed by atoms with van der Waals surface area (Å²) in [6, 6.07) is -0.539. The summed E-state index contributed by atoms with van der Waals surface area (Å²) in [6.07, 6.45) is 5.34. The number of carboxylic acids is 1. The number of nitrogens with zero attached hydrogens (tertiary/aromatic N) is 2. The van der Waals surface area contributed by atoms with Crippen LogP contribution in [0.5, 0.6) is 0 Å². The van der Waals surface area contributed by atoms with E-state index >= 15 is 0 Å². The standard InChI is InChI=1S/C11H17N3O2/c1-7(2)14-6-8(5-13-14)11(3-4-11)9(12)10(15)16/h5-7,9H,3-4,12H2,1-2H3,(H,15,16). The second kappa shape index (κ2) is 3.59. The molecule has 3 N–H and O–H groups in total. The lowest BCUT2D eigenvalue weighted by Gasteiger charge is -2.17. The van der Waals surface area contributed by atoms with Gasteiger partial charge in [-0.3, -0.25) is 9.48 Å². The van der Waals surface area contributed by atoms with Crippen LogP contribution in [-0.2, 0) is 10.2 Å². The van der Waals surface area contributed by atoms with Crippen molar-refractivity contribution in [3.63, 3.8) is 0 Å². The summed E-state index contributed by atoms with van der Waals surface area (Å²) in [5, 5.41) is 13.2. The van der Waals surface area contributed by atoms with Crippen molar-refractivity contribution in [3.05, 3.63) is 18.0 Å². The van der Waals surface area contributed by atoms with E-state index in [-0.39, 0.29) is 11.5 Å². The van der Waals surface area contributed by atoms with Crippen molar-refractivity contribution in [2.75, 3.05) is 0 Å². The van der Waals surface area contributed by atoms with Gasteiger partial charge in [0.2, 0.25) is 0 Å². The first kappa shape index (κ1) is 11.1. The molecule has 2 rings (SSSR count). The van der Waals surface area contributed by atoms with E-state index in [1.165, 1.54) is 0 Å². The van der Waals surface area contributed by atoms with Crippen LogP contribution >= 0.6 is 0 Å². The van der Waals surface area contributed by atoms with Gasteiger partial charge in [-0.1, -0.05) is 0 Å². The first-order valence-electron chi connectivity index (χ1n) is 5.50. The first-order chi connectivity index (χ1) is 7.47. The van der Waals surface area contributed by atoms with E-state index in [4.69, 9.17) is 10.8 Å². The molecular weight excluding hydrogens is 206 g/mol. The maximum absolute atomic E-state index is 10.9. The van der Waals surface area contributed by atoms with Gasteiger partial charge in [0.25, 0.3) is 0 Å². The van der Waals surface area contributed by atoms with E-state index in [1.807, 2.05) is 24.7 Å². The summed E-state index contributed by atoms with van der Waals surface area (Å²) in [5.74, 6) is -0.935. The fourth-order valence-corrected chi connectivity index (χ4v) is 2.03. The Morgan fingerprint density at radius 2 is 2.25 bits per heavy atom. The SMILES string of the molecule is CC(C)n1cc(C2(C(N)C(=O)O)CC2)cn1. The van der Waals surface area contributed by atoms with Crippen molar-refractivity contribution < 1.29 is 9.90 Å². The number of hydrogen-bond acceptors (Lipinski definition) is 3. The highest BCUT2D eigenvalue weighted by molar-refractivity contribution is 5.76. The fourth-order valence-electron chi connectivity index (χ4n) is 2.03. The highest BCUT2D eigenvalue weighted by Gasteiger charge is 2.53. The highest BCUT2D eigenvalue weighted by atomic mass is 16.4. The predicted molar refractivity (Wildman–Crippen MR) is 59.1 cm³/mol. The molecule has 1 aromatic rings. The van der Waals surface area contributed by atoms with Crippen LogP contribution < -0.4 is 5.73 Å². The van der Waals surface area contributed by atoms with Gasteiger partial charge in [0.05, 0.1) is 6.20 Å². The van der Waals surface area contributed by atoms with Crippen molar-refractivity contribution in [3.8, 4) is 0 Å². The molecule has 1 atom stereocenters. The molecule has 0 saturated heterocycles. The van der Waals surface area contributed by atoms with Crippen LogP contribution in [0.4, 0.5) is 0 Å². The van der Waals surface area contributed by atoms with E-state index in [0.29, 0.717) is 0 Å². The van der Waals surface area contributed by atoms with Gasteiger partial charge >= 0.3 is 5.97 Å². The molecule has 1 aliphatic carbocycles. The van der Waals surface area contributed by atoms with Crippen LogP contribution in [0.1, 0.15) is 38.3 Å². The molecule has 0 aliphatic heterocycles. The summed E-state index contributed by atoms with van der Waals surface area (Å²) in [4.78, 5) is 10.9. The maximum atomic E-state index is 10.9. The Labute approximate surface area is 94.2 Å². The molecule has 0 amide bonds. The molecule has 0 radical (unpaired) electrons. The molecule has 1 unspecified atom stereocenters. The molecule has 0 spiro atoms. The minimum atomic E-state index is -0.935. The average molecular weight is 223 g/mol. The Kier molecular flexibility index (Phi) is 2.50.